The molecule has 2 N–H and O–H groups in total. The Kier molecular flexibility index (Phi) is 7.90. The molecule has 1 atom stereocenters. The van der Waals surface area contributed by atoms with Crippen LogP contribution >= 0.6 is 23.1 Å². The number of aliphatic hydroxyl groups excluding tert-OH is 1. The van der Waals surface area contributed by atoms with E-state index in [0.29, 0.717) is 0 Å². The maximum Gasteiger partial charge on any atom is 0.149 e. The first-order chi connectivity index (χ1) is 8.70. The van der Waals surface area contributed by atoms with Crippen LogP contribution in [-0.2, 0) is 0 Å². The molecular formula is C13H24N2OS2. The Hall–Kier alpha value is -0.100. The molecule has 0 amide bonds. The number of aliphatic hydroxyl groups is 1. The molecule has 5 heteroatoms. The second-order valence-electron chi connectivity index (χ2n) is 4.75. The van der Waals surface area contributed by atoms with Gasteiger partial charge >= 0.3 is 0 Å². The minimum Gasteiger partial charge on any atom is -0.394 e. The predicted octanol–water partition coefficient (Wildman–Crippen LogP) is 3.16. The maximum atomic E-state index is 9.44. The highest BCUT2D eigenvalue weighted by atomic mass is 32.2. The summed E-state index contributed by atoms with van der Waals surface area (Å²) in [5, 5.41) is 14.9. The van der Waals surface area contributed by atoms with Crippen LogP contribution in [0.4, 0.5) is 0 Å². The molecule has 1 rings (SSSR count). The number of aromatic nitrogens is 1. The zero-order valence-electron chi connectivity index (χ0n) is 11.3. The van der Waals surface area contributed by atoms with Crippen LogP contribution < -0.4 is 5.32 Å². The number of nitrogens with zero attached hydrogens (tertiary/aromatic N) is 1. The van der Waals surface area contributed by atoms with Gasteiger partial charge in [0.2, 0.25) is 0 Å². The highest BCUT2D eigenvalue weighted by Crippen LogP contribution is 2.22. The number of thiazole rings is 1. The standard InChI is InChI=1S/C13H24N2OS2/c1-3-7-15-13(2,11-16)6-4-5-9-17-12-14-8-10-18-12/h8,10,15-16H,3-7,9,11H2,1-2H3. The Bertz CT molecular complexity index is 306. The number of hydrogen-bond acceptors (Lipinski definition) is 5. The van der Waals surface area contributed by atoms with Crippen LogP contribution in [0.25, 0.3) is 0 Å². The summed E-state index contributed by atoms with van der Waals surface area (Å²) in [4.78, 5) is 4.25. The van der Waals surface area contributed by atoms with E-state index < -0.39 is 0 Å². The number of hydrogen-bond donors (Lipinski definition) is 2. The molecule has 1 unspecified atom stereocenters. The Morgan fingerprint density at radius 2 is 2.33 bits per heavy atom. The largest absolute Gasteiger partial charge is 0.394 e. The lowest BCUT2D eigenvalue weighted by Crippen LogP contribution is -2.46. The summed E-state index contributed by atoms with van der Waals surface area (Å²) >= 11 is 3.53. The Labute approximate surface area is 118 Å². The fourth-order valence-electron chi connectivity index (χ4n) is 1.71. The van der Waals surface area contributed by atoms with E-state index in [0.717, 1.165) is 35.9 Å². The van der Waals surface area contributed by atoms with Crippen molar-refractivity contribution in [1.29, 1.82) is 0 Å². The first-order valence-corrected chi connectivity index (χ1v) is 8.45. The molecule has 104 valence electrons. The minimum atomic E-state index is -0.109. The van der Waals surface area contributed by atoms with Crippen LogP contribution in [0.5, 0.6) is 0 Å². The number of nitrogens with one attached hydrogen (secondary N) is 1. The van der Waals surface area contributed by atoms with Crippen LogP contribution in [-0.4, -0.2) is 34.5 Å². The van der Waals surface area contributed by atoms with E-state index in [1.165, 1.54) is 6.42 Å². The van der Waals surface area contributed by atoms with Gasteiger partial charge in [-0.2, -0.15) is 0 Å². The van der Waals surface area contributed by atoms with Gasteiger partial charge in [0.25, 0.3) is 0 Å². The SMILES string of the molecule is CCCNC(C)(CO)CCCCSc1nccs1. The molecule has 1 heterocycles. The third-order valence-corrected chi connectivity index (χ3v) is 4.96. The van der Waals surface area contributed by atoms with Crippen molar-refractivity contribution in [1.82, 2.24) is 10.3 Å². The average molecular weight is 288 g/mol. The van der Waals surface area contributed by atoms with Gasteiger partial charge in [0.15, 0.2) is 0 Å². The first kappa shape index (κ1) is 16.0. The number of thioether (sulfide) groups is 1. The van der Waals surface area contributed by atoms with E-state index in [1.807, 2.05) is 23.3 Å². The molecule has 18 heavy (non-hydrogen) atoms. The van der Waals surface area contributed by atoms with E-state index in [2.05, 4.69) is 24.1 Å². The zero-order valence-corrected chi connectivity index (χ0v) is 12.9. The summed E-state index contributed by atoms with van der Waals surface area (Å²) in [5.74, 6) is 1.11. The number of rotatable bonds is 10. The van der Waals surface area contributed by atoms with Crippen molar-refractivity contribution in [3.63, 3.8) is 0 Å². The van der Waals surface area contributed by atoms with Crippen LogP contribution in [0.15, 0.2) is 15.9 Å². The Balaban J connectivity index is 2.11. The van der Waals surface area contributed by atoms with Crippen molar-refractivity contribution in [2.75, 3.05) is 18.9 Å². The monoisotopic (exact) mass is 288 g/mol. The normalized spacial score (nSPS) is 14.6. The summed E-state index contributed by atoms with van der Waals surface area (Å²) in [6, 6.07) is 0. The van der Waals surface area contributed by atoms with Gasteiger partial charge in [-0.05, 0) is 32.7 Å². The summed E-state index contributed by atoms with van der Waals surface area (Å²) in [5.41, 5.74) is -0.109. The van der Waals surface area contributed by atoms with E-state index in [9.17, 15) is 5.11 Å². The lowest BCUT2D eigenvalue weighted by atomic mass is 9.96. The van der Waals surface area contributed by atoms with Crippen molar-refractivity contribution in [3.05, 3.63) is 11.6 Å². The van der Waals surface area contributed by atoms with E-state index in [-0.39, 0.29) is 12.1 Å². The van der Waals surface area contributed by atoms with Gasteiger partial charge in [-0.3, -0.25) is 0 Å². The zero-order chi connectivity index (χ0) is 13.3. The topological polar surface area (TPSA) is 45.1 Å². The lowest BCUT2D eigenvalue weighted by molar-refractivity contribution is 0.163. The van der Waals surface area contributed by atoms with Crippen LogP contribution in [0, 0.1) is 0 Å². The van der Waals surface area contributed by atoms with Crippen molar-refractivity contribution in [3.8, 4) is 0 Å². The van der Waals surface area contributed by atoms with Gasteiger partial charge in [0, 0.05) is 22.9 Å². The van der Waals surface area contributed by atoms with Crippen LogP contribution in [0.1, 0.15) is 39.5 Å². The predicted molar refractivity (Wildman–Crippen MR) is 80.5 cm³/mol. The molecule has 3 nitrogen and oxygen atoms in total. The average Bonchev–Trinajstić information content (AvgIpc) is 2.89. The molecule has 0 radical (unpaired) electrons. The second kappa shape index (κ2) is 8.91. The molecule has 1 aromatic heterocycles. The van der Waals surface area contributed by atoms with Crippen molar-refractivity contribution in [2.45, 2.75) is 49.4 Å². The molecule has 0 bridgehead atoms. The van der Waals surface area contributed by atoms with E-state index in [4.69, 9.17) is 0 Å². The molecular weight excluding hydrogens is 264 g/mol. The van der Waals surface area contributed by atoms with Gasteiger partial charge in [-0.25, -0.2) is 4.98 Å². The van der Waals surface area contributed by atoms with Crippen molar-refractivity contribution < 1.29 is 5.11 Å². The Morgan fingerprint density at radius 3 is 2.94 bits per heavy atom. The van der Waals surface area contributed by atoms with Gasteiger partial charge in [-0.15, -0.1) is 11.3 Å². The molecule has 0 fully saturated rings. The maximum absolute atomic E-state index is 9.44. The highest BCUT2D eigenvalue weighted by molar-refractivity contribution is 8.00. The summed E-state index contributed by atoms with van der Waals surface area (Å²) in [7, 11) is 0. The van der Waals surface area contributed by atoms with Crippen LogP contribution in [0.3, 0.4) is 0 Å². The molecule has 0 aromatic carbocycles. The summed E-state index contributed by atoms with van der Waals surface area (Å²) in [6.07, 6.45) is 6.31. The molecule has 0 saturated heterocycles. The van der Waals surface area contributed by atoms with Crippen molar-refractivity contribution >= 4 is 23.1 Å². The fourth-order valence-corrected chi connectivity index (χ4v) is 3.42. The lowest BCUT2D eigenvalue weighted by Gasteiger charge is -2.28. The van der Waals surface area contributed by atoms with Crippen LogP contribution in [0.2, 0.25) is 0 Å². The van der Waals surface area contributed by atoms with Gasteiger partial charge < -0.3 is 10.4 Å². The van der Waals surface area contributed by atoms with Gasteiger partial charge in [0.05, 0.1) is 6.61 Å². The smallest absolute Gasteiger partial charge is 0.149 e. The minimum absolute atomic E-state index is 0.109. The molecule has 0 aliphatic heterocycles. The summed E-state index contributed by atoms with van der Waals surface area (Å²) < 4.78 is 1.16. The van der Waals surface area contributed by atoms with Gasteiger partial charge in [-0.1, -0.05) is 25.1 Å². The van der Waals surface area contributed by atoms with Crippen molar-refractivity contribution in [2.24, 2.45) is 0 Å². The molecule has 0 aliphatic carbocycles. The van der Waals surface area contributed by atoms with Gasteiger partial charge in [0.1, 0.15) is 4.34 Å². The van der Waals surface area contributed by atoms with E-state index in [1.54, 1.807) is 11.3 Å². The number of unbranched alkanes of at least 4 members (excludes halogenated alkanes) is 1. The molecule has 0 spiro atoms. The fraction of sp³-hybridized carbons (Fsp3) is 0.769. The molecule has 0 aliphatic rings. The molecule has 1 aromatic rings. The third kappa shape index (κ3) is 6.18. The first-order valence-electron chi connectivity index (χ1n) is 6.58. The van der Waals surface area contributed by atoms with E-state index >= 15 is 0 Å². The quantitative estimate of drug-likeness (QED) is 0.513. The Morgan fingerprint density at radius 1 is 1.50 bits per heavy atom. The third-order valence-electron chi connectivity index (χ3n) is 2.91. The highest BCUT2D eigenvalue weighted by Gasteiger charge is 2.21. The molecule has 0 saturated carbocycles. The summed E-state index contributed by atoms with van der Waals surface area (Å²) in [6.45, 7) is 5.45. The second-order valence-corrected chi connectivity index (χ2v) is 6.99.